The van der Waals surface area contributed by atoms with Crippen LogP contribution < -0.4 is 0 Å². The Morgan fingerprint density at radius 1 is 1.00 bits per heavy atom. The molecule has 0 aliphatic heterocycles. The molecule has 0 heterocycles. The molecule has 3 aliphatic rings. The molecular weight excluding hydrogens is 280 g/mol. The van der Waals surface area contributed by atoms with Crippen molar-refractivity contribution in [2.24, 2.45) is 23.7 Å². The van der Waals surface area contributed by atoms with Crippen molar-refractivity contribution >= 4 is 11.9 Å². The topological polar surface area (TPSA) is 63.6 Å². The highest BCUT2D eigenvalue weighted by molar-refractivity contribution is 6.02. The summed E-state index contributed by atoms with van der Waals surface area (Å²) in [5.41, 5.74) is 0.190. The molecule has 0 amide bonds. The lowest BCUT2D eigenvalue weighted by Crippen LogP contribution is -2.32. The van der Waals surface area contributed by atoms with Gasteiger partial charge in [0, 0.05) is 0 Å². The fourth-order valence-electron chi connectivity index (χ4n) is 5.19. The summed E-state index contributed by atoms with van der Waals surface area (Å²) in [6, 6.07) is 6.29. The fraction of sp³-hybridized carbons (Fsp3) is 0.556. The second-order valence-corrected chi connectivity index (χ2v) is 6.95. The van der Waals surface area contributed by atoms with Crippen molar-refractivity contribution in [2.75, 3.05) is 0 Å². The van der Waals surface area contributed by atoms with Crippen LogP contribution in [0.3, 0.4) is 0 Å². The van der Waals surface area contributed by atoms with Crippen LogP contribution >= 0.6 is 0 Å². The second-order valence-electron chi connectivity index (χ2n) is 6.95. The van der Waals surface area contributed by atoms with Crippen LogP contribution in [0.5, 0.6) is 0 Å². The van der Waals surface area contributed by atoms with Gasteiger partial charge >= 0.3 is 11.9 Å². The van der Waals surface area contributed by atoms with Crippen molar-refractivity contribution < 1.29 is 19.4 Å². The van der Waals surface area contributed by atoms with Crippen molar-refractivity contribution in [2.45, 2.75) is 38.2 Å². The molecule has 0 aromatic heterocycles. The van der Waals surface area contributed by atoms with Crippen molar-refractivity contribution in [1.82, 2.24) is 0 Å². The molecule has 1 aromatic carbocycles. The van der Waals surface area contributed by atoms with Crippen LogP contribution in [0.15, 0.2) is 24.3 Å². The Kier molecular flexibility index (Phi) is 3.21. The molecule has 0 unspecified atom stereocenters. The average Bonchev–Trinajstić information content (AvgIpc) is 3.19. The minimum atomic E-state index is -1.09. The number of hydrogen-bond donors (Lipinski definition) is 1. The van der Waals surface area contributed by atoms with Crippen LogP contribution in [-0.4, -0.2) is 23.1 Å². The van der Waals surface area contributed by atoms with Crippen LogP contribution in [0.4, 0.5) is 0 Å². The standard InChI is InChI=1S/C18H20O4/c19-17(20)13-4-1-2-5-14(13)18(21)22-16-9-10-8-15(16)12-7-3-6-11(10)12/h1-2,4-5,10-12,15-16H,3,6-9H2,(H,19,20)/t10-,11-,12+,15+,16-/m1/s1. The molecule has 0 spiro atoms. The zero-order chi connectivity index (χ0) is 15.3. The number of ether oxygens (including phenoxy) is 1. The zero-order valence-corrected chi connectivity index (χ0v) is 12.4. The highest BCUT2D eigenvalue weighted by Gasteiger charge is 2.55. The Morgan fingerprint density at radius 3 is 2.50 bits per heavy atom. The minimum Gasteiger partial charge on any atom is -0.478 e. The van der Waals surface area contributed by atoms with Crippen molar-refractivity contribution in [3.05, 3.63) is 35.4 Å². The van der Waals surface area contributed by atoms with E-state index in [2.05, 4.69) is 0 Å². The van der Waals surface area contributed by atoms with Crippen LogP contribution in [-0.2, 0) is 4.74 Å². The van der Waals surface area contributed by atoms with Gasteiger partial charge in [0.25, 0.3) is 0 Å². The Morgan fingerprint density at radius 2 is 1.73 bits per heavy atom. The maximum Gasteiger partial charge on any atom is 0.339 e. The van der Waals surface area contributed by atoms with E-state index in [0.717, 1.165) is 18.3 Å². The lowest BCUT2D eigenvalue weighted by Gasteiger charge is -2.31. The number of aromatic carboxylic acids is 1. The maximum atomic E-state index is 12.4. The molecule has 1 N–H and O–H groups in total. The van der Waals surface area contributed by atoms with Gasteiger partial charge in [0.1, 0.15) is 6.10 Å². The lowest BCUT2D eigenvalue weighted by atomic mass is 9.80. The molecule has 3 aliphatic carbocycles. The van der Waals surface area contributed by atoms with Gasteiger partial charge in [-0.1, -0.05) is 18.6 Å². The van der Waals surface area contributed by atoms with Gasteiger partial charge in [-0.25, -0.2) is 9.59 Å². The van der Waals surface area contributed by atoms with Crippen molar-refractivity contribution in [3.63, 3.8) is 0 Å². The number of benzene rings is 1. The third kappa shape index (κ3) is 2.04. The fourth-order valence-corrected chi connectivity index (χ4v) is 5.19. The van der Waals surface area contributed by atoms with Crippen molar-refractivity contribution in [3.8, 4) is 0 Å². The zero-order valence-electron chi connectivity index (χ0n) is 12.4. The van der Waals surface area contributed by atoms with Gasteiger partial charge in [0.05, 0.1) is 11.1 Å². The van der Waals surface area contributed by atoms with Crippen LogP contribution in [0.1, 0.15) is 52.8 Å². The van der Waals surface area contributed by atoms with E-state index in [0.29, 0.717) is 11.8 Å². The Bertz CT molecular complexity index is 623. The molecule has 5 atom stereocenters. The molecule has 22 heavy (non-hydrogen) atoms. The van der Waals surface area contributed by atoms with E-state index >= 15 is 0 Å². The van der Waals surface area contributed by atoms with E-state index in [-0.39, 0.29) is 17.2 Å². The Balaban J connectivity index is 1.51. The molecule has 3 saturated carbocycles. The van der Waals surface area contributed by atoms with E-state index in [1.807, 2.05) is 0 Å². The van der Waals surface area contributed by atoms with Crippen LogP contribution in [0, 0.1) is 23.7 Å². The Hall–Kier alpha value is -1.84. The Labute approximate surface area is 129 Å². The van der Waals surface area contributed by atoms with Gasteiger partial charge in [-0.05, 0) is 61.5 Å². The number of hydrogen-bond acceptors (Lipinski definition) is 3. The van der Waals surface area contributed by atoms with Gasteiger partial charge < -0.3 is 9.84 Å². The first-order chi connectivity index (χ1) is 10.6. The molecule has 116 valence electrons. The number of carboxylic acids is 1. The molecule has 4 nitrogen and oxygen atoms in total. The van der Waals surface area contributed by atoms with Crippen LogP contribution in [0.2, 0.25) is 0 Å². The van der Waals surface area contributed by atoms with E-state index in [1.165, 1.54) is 37.8 Å². The lowest BCUT2D eigenvalue weighted by molar-refractivity contribution is 0.00115. The summed E-state index contributed by atoms with van der Waals surface area (Å²) in [5, 5.41) is 9.20. The van der Waals surface area contributed by atoms with Gasteiger partial charge in [0.15, 0.2) is 0 Å². The summed E-state index contributed by atoms with van der Waals surface area (Å²) >= 11 is 0. The molecule has 1 aromatic rings. The summed E-state index contributed by atoms with van der Waals surface area (Å²) < 4.78 is 5.73. The number of fused-ring (bicyclic) bond motifs is 5. The third-order valence-electron chi connectivity index (χ3n) is 6.00. The second kappa shape index (κ2) is 5.11. The van der Waals surface area contributed by atoms with Gasteiger partial charge in [-0.15, -0.1) is 0 Å². The van der Waals surface area contributed by atoms with Crippen molar-refractivity contribution in [1.29, 1.82) is 0 Å². The summed E-state index contributed by atoms with van der Waals surface area (Å²) in [4.78, 5) is 23.6. The molecule has 0 radical (unpaired) electrons. The van der Waals surface area contributed by atoms with E-state index in [4.69, 9.17) is 4.74 Å². The van der Waals surface area contributed by atoms with Crippen LogP contribution in [0.25, 0.3) is 0 Å². The number of carboxylic acid groups (broad SMARTS) is 1. The molecule has 4 heteroatoms. The first kappa shape index (κ1) is 13.8. The minimum absolute atomic E-state index is 0.0151. The quantitative estimate of drug-likeness (QED) is 0.869. The summed E-state index contributed by atoms with van der Waals surface area (Å²) in [6.45, 7) is 0. The first-order valence-electron chi connectivity index (χ1n) is 8.18. The average molecular weight is 300 g/mol. The summed E-state index contributed by atoms with van der Waals surface area (Å²) in [7, 11) is 0. The monoisotopic (exact) mass is 300 g/mol. The highest BCUT2D eigenvalue weighted by Crippen LogP contribution is 2.59. The van der Waals surface area contributed by atoms with E-state index in [1.54, 1.807) is 12.1 Å². The first-order valence-corrected chi connectivity index (χ1v) is 8.18. The molecule has 3 fully saturated rings. The summed E-state index contributed by atoms with van der Waals surface area (Å²) in [6.07, 6.45) is 6.06. The normalized spacial score (nSPS) is 35.4. The predicted molar refractivity (Wildman–Crippen MR) is 79.6 cm³/mol. The van der Waals surface area contributed by atoms with Gasteiger partial charge in [0.2, 0.25) is 0 Å². The SMILES string of the molecule is O=C(O)c1ccccc1C(=O)O[C@@H]1C[C@H]2C[C@H]1[C@H]1CCC[C@H]21. The molecular formula is C18H20O4. The smallest absolute Gasteiger partial charge is 0.339 e. The number of carbonyl (C=O) groups excluding carboxylic acids is 1. The van der Waals surface area contributed by atoms with Gasteiger partial charge in [-0.2, -0.15) is 0 Å². The number of rotatable bonds is 3. The highest BCUT2D eigenvalue weighted by atomic mass is 16.5. The third-order valence-corrected chi connectivity index (χ3v) is 6.00. The summed E-state index contributed by atoms with van der Waals surface area (Å²) in [5.74, 6) is 1.22. The molecule has 2 bridgehead atoms. The molecule has 0 saturated heterocycles. The number of carbonyl (C=O) groups is 2. The number of esters is 1. The van der Waals surface area contributed by atoms with E-state index in [9.17, 15) is 14.7 Å². The predicted octanol–water partition coefficient (Wildman–Crippen LogP) is 3.37. The van der Waals surface area contributed by atoms with E-state index < -0.39 is 11.9 Å². The van der Waals surface area contributed by atoms with Gasteiger partial charge in [-0.3, -0.25) is 0 Å². The maximum absolute atomic E-state index is 12.4. The molecule has 4 rings (SSSR count). The largest absolute Gasteiger partial charge is 0.478 e.